The molecule has 0 saturated carbocycles. The maximum atomic E-state index is 10.8. The minimum atomic E-state index is -0.835. The van der Waals surface area contributed by atoms with E-state index in [1.54, 1.807) is 18.2 Å². The van der Waals surface area contributed by atoms with Gasteiger partial charge in [0.05, 0.1) is 11.6 Å². The zero-order chi connectivity index (χ0) is 11.4. The molecule has 0 saturated heterocycles. The summed E-state index contributed by atoms with van der Waals surface area (Å²) in [6, 6.07) is 4.09. The first-order valence-electron chi connectivity index (χ1n) is 4.53. The van der Waals surface area contributed by atoms with Gasteiger partial charge in [0.1, 0.15) is 11.8 Å². The molecule has 0 aliphatic heterocycles. The van der Waals surface area contributed by atoms with Gasteiger partial charge in [-0.3, -0.25) is 4.79 Å². The van der Waals surface area contributed by atoms with E-state index in [4.69, 9.17) is 27.8 Å². The Hall–Kier alpha value is -1.26. The minimum absolute atomic E-state index is 0.422. The number of primary amides is 1. The molecular formula is C10H13ClN2O2. The lowest BCUT2D eigenvalue weighted by atomic mass is 10.1. The summed E-state index contributed by atoms with van der Waals surface area (Å²) in [6.07, 6.45) is 0. The number of carbonyl (C=O) groups is 1. The first-order chi connectivity index (χ1) is 7.06. The number of hydrogen-bond donors (Lipinski definition) is 2. The summed E-state index contributed by atoms with van der Waals surface area (Å²) in [6.45, 7) is 2.39. The number of carbonyl (C=O) groups excluding carboxylic acids is 1. The molecule has 0 fully saturated rings. The molecule has 0 radical (unpaired) electrons. The maximum absolute atomic E-state index is 10.8. The van der Waals surface area contributed by atoms with Gasteiger partial charge in [0.15, 0.2) is 0 Å². The lowest BCUT2D eigenvalue weighted by Gasteiger charge is -2.10. The van der Waals surface area contributed by atoms with Crippen LogP contribution in [0.25, 0.3) is 0 Å². The number of hydrogen-bond acceptors (Lipinski definition) is 3. The van der Waals surface area contributed by atoms with Gasteiger partial charge in [-0.25, -0.2) is 0 Å². The molecule has 0 aliphatic rings. The van der Waals surface area contributed by atoms with Gasteiger partial charge in [-0.05, 0) is 24.6 Å². The minimum Gasteiger partial charge on any atom is -0.492 e. The molecule has 5 heteroatoms. The molecule has 82 valence electrons. The van der Waals surface area contributed by atoms with Crippen molar-refractivity contribution in [2.45, 2.75) is 13.0 Å². The van der Waals surface area contributed by atoms with E-state index >= 15 is 0 Å². The molecule has 0 aliphatic carbocycles. The molecule has 15 heavy (non-hydrogen) atoms. The van der Waals surface area contributed by atoms with Gasteiger partial charge in [-0.15, -0.1) is 0 Å². The molecule has 4 nitrogen and oxygen atoms in total. The monoisotopic (exact) mass is 228 g/mol. The molecule has 1 unspecified atom stereocenters. The number of ether oxygens (including phenoxy) is 1. The van der Waals surface area contributed by atoms with Gasteiger partial charge >= 0.3 is 0 Å². The zero-order valence-electron chi connectivity index (χ0n) is 8.37. The van der Waals surface area contributed by atoms with Crippen LogP contribution >= 0.6 is 11.6 Å². The van der Waals surface area contributed by atoms with E-state index in [1.807, 2.05) is 6.92 Å². The summed E-state index contributed by atoms with van der Waals surface area (Å²) >= 11 is 5.92. The van der Waals surface area contributed by atoms with Gasteiger partial charge in [-0.1, -0.05) is 17.7 Å². The van der Waals surface area contributed by atoms with Crippen molar-refractivity contribution < 1.29 is 9.53 Å². The van der Waals surface area contributed by atoms with E-state index < -0.39 is 11.9 Å². The molecule has 4 N–H and O–H groups in total. The number of halogens is 1. The number of benzene rings is 1. The summed E-state index contributed by atoms with van der Waals surface area (Å²) in [5, 5.41) is 0.422. The molecule has 1 aromatic rings. The van der Waals surface area contributed by atoms with E-state index in [9.17, 15) is 4.79 Å². The molecule has 1 atom stereocenters. The van der Waals surface area contributed by atoms with Crippen LogP contribution < -0.4 is 16.2 Å². The second kappa shape index (κ2) is 5.00. The third-order valence-electron chi connectivity index (χ3n) is 1.92. The molecule has 0 bridgehead atoms. The van der Waals surface area contributed by atoms with Crippen LogP contribution in [0.1, 0.15) is 18.5 Å². The molecular weight excluding hydrogens is 216 g/mol. The third kappa shape index (κ3) is 2.84. The van der Waals surface area contributed by atoms with Crippen molar-refractivity contribution in [3.05, 3.63) is 28.8 Å². The van der Waals surface area contributed by atoms with Gasteiger partial charge in [0, 0.05) is 0 Å². The maximum Gasteiger partial charge on any atom is 0.238 e. The van der Waals surface area contributed by atoms with Crippen molar-refractivity contribution in [2.75, 3.05) is 6.61 Å². The van der Waals surface area contributed by atoms with Crippen molar-refractivity contribution in [3.8, 4) is 5.75 Å². The Morgan fingerprint density at radius 2 is 2.27 bits per heavy atom. The van der Waals surface area contributed by atoms with Crippen LogP contribution in [0.5, 0.6) is 5.75 Å². The number of nitrogens with two attached hydrogens (primary N) is 2. The Kier molecular flexibility index (Phi) is 3.94. The van der Waals surface area contributed by atoms with Crippen LogP contribution in [-0.2, 0) is 4.79 Å². The smallest absolute Gasteiger partial charge is 0.238 e. The fourth-order valence-electron chi connectivity index (χ4n) is 1.15. The van der Waals surface area contributed by atoms with E-state index in [0.717, 1.165) is 0 Å². The number of rotatable bonds is 4. The standard InChI is InChI=1S/C10H13ClN2O2/c1-2-15-8-4-3-6(5-7(8)11)9(12)10(13)14/h3-5,9H,2,12H2,1H3,(H2,13,14). The average Bonchev–Trinajstić information content (AvgIpc) is 2.20. The van der Waals surface area contributed by atoms with Gasteiger partial charge in [0.25, 0.3) is 0 Å². The topological polar surface area (TPSA) is 78.3 Å². The second-order valence-corrected chi connectivity index (χ2v) is 3.41. The van der Waals surface area contributed by atoms with E-state index in [1.165, 1.54) is 0 Å². The highest BCUT2D eigenvalue weighted by molar-refractivity contribution is 6.32. The Morgan fingerprint density at radius 1 is 1.60 bits per heavy atom. The highest BCUT2D eigenvalue weighted by Crippen LogP contribution is 2.27. The van der Waals surface area contributed by atoms with Gasteiger partial charge in [-0.2, -0.15) is 0 Å². The molecule has 1 amide bonds. The van der Waals surface area contributed by atoms with Crippen molar-refractivity contribution >= 4 is 17.5 Å². The summed E-state index contributed by atoms with van der Waals surface area (Å²) < 4.78 is 5.24. The van der Waals surface area contributed by atoms with E-state index in [0.29, 0.717) is 22.9 Å². The summed E-state index contributed by atoms with van der Waals surface area (Å²) in [7, 11) is 0. The Morgan fingerprint density at radius 3 is 2.73 bits per heavy atom. The normalized spacial score (nSPS) is 12.2. The van der Waals surface area contributed by atoms with Crippen LogP contribution in [0.3, 0.4) is 0 Å². The van der Waals surface area contributed by atoms with Gasteiger partial charge < -0.3 is 16.2 Å². The van der Waals surface area contributed by atoms with Crippen molar-refractivity contribution in [3.63, 3.8) is 0 Å². The summed E-state index contributed by atoms with van der Waals surface area (Å²) in [5.74, 6) is -0.0187. The highest BCUT2D eigenvalue weighted by Gasteiger charge is 2.13. The number of amides is 1. The largest absolute Gasteiger partial charge is 0.492 e. The molecule has 0 aromatic heterocycles. The first kappa shape index (κ1) is 11.8. The van der Waals surface area contributed by atoms with E-state index in [-0.39, 0.29) is 0 Å². The SMILES string of the molecule is CCOc1ccc(C(N)C(N)=O)cc1Cl. The fraction of sp³-hybridized carbons (Fsp3) is 0.300. The Balaban J connectivity index is 2.95. The molecule has 1 rings (SSSR count). The van der Waals surface area contributed by atoms with E-state index in [2.05, 4.69) is 0 Å². The Labute approximate surface area is 93.1 Å². The molecule has 0 heterocycles. The second-order valence-electron chi connectivity index (χ2n) is 3.00. The van der Waals surface area contributed by atoms with Gasteiger partial charge in [0.2, 0.25) is 5.91 Å². The third-order valence-corrected chi connectivity index (χ3v) is 2.22. The van der Waals surface area contributed by atoms with Crippen LogP contribution in [0.2, 0.25) is 5.02 Å². The fourth-order valence-corrected chi connectivity index (χ4v) is 1.39. The van der Waals surface area contributed by atoms with Crippen LogP contribution in [0.15, 0.2) is 18.2 Å². The predicted molar refractivity (Wildman–Crippen MR) is 58.7 cm³/mol. The average molecular weight is 229 g/mol. The van der Waals surface area contributed by atoms with Crippen LogP contribution in [0.4, 0.5) is 0 Å². The molecule has 0 spiro atoms. The Bertz CT molecular complexity index is 368. The molecule has 1 aromatic carbocycles. The predicted octanol–water partition coefficient (Wildman–Crippen LogP) is 1.22. The van der Waals surface area contributed by atoms with Crippen molar-refractivity contribution in [2.24, 2.45) is 11.5 Å². The van der Waals surface area contributed by atoms with Crippen LogP contribution in [0, 0.1) is 0 Å². The zero-order valence-corrected chi connectivity index (χ0v) is 9.12. The van der Waals surface area contributed by atoms with Crippen LogP contribution in [-0.4, -0.2) is 12.5 Å². The van der Waals surface area contributed by atoms with Crippen molar-refractivity contribution in [1.29, 1.82) is 0 Å². The first-order valence-corrected chi connectivity index (χ1v) is 4.91. The highest BCUT2D eigenvalue weighted by atomic mass is 35.5. The van der Waals surface area contributed by atoms with Crippen molar-refractivity contribution in [1.82, 2.24) is 0 Å². The lowest BCUT2D eigenvalue weighted by Crippen LogP contribution is -2.28. The lowest BCUT2D eigenvalue weighted by molar-refractivity contribution is -0.119. The summed E-state index contributed by atoms with van der Waals surface area (Å²) in [4.78, 5) is 10.8. The summed E-state index contributed by atoms with van der Waals surface area (Å²) in [5.41, 5.74) is 11.2. The quantitative estimate of drug-likeness (QED) is 0.814.